The minimum atomic E-state index is -0.731. The highest BCUT2D eigenvalue weighted by atomic mass is 16.6. The lowest BCUT2D eigenvalue weighted by Gasteiger charge is -2.15. The standard InChI is InChI=1S/C14H16N2O5/c1-3-19-13(17)8-10(14(18)20-4-2)9-5-6-11-12(7-9)16-21-15-11/h5-7,10H,3-4,8H2,1-2H3. The first-order valence-electron chi connectivity index (χ1n) is 6.70. The van der Waals surface area contributed by atoms with Crippen LogP contribution in [0.15, 0.2) is 22.8 Å². The quantitative estimate of drug-likeness (QED) is 0.750. The van der Waals surface area contributed by atoms with Crippen LogP contribution in [0.4, 0.5) is 0 Å². The van der Waals surface area contributed by atoms with Crippen LogP contribution in [-0.2, 0) is 19.1 Å². The van der Waals surface area contributed by atoms with Crippen molar-refractivity contribution in [3.05, 3.63) is 23.8 Å². The monoisotopic (exact) mass is 292 g/mol. The summed E-state index contributed by atoms with van der Waals surface area (Å²) in [6.07, 6.45) is -0.0799. The van der Waals surface area contributed by atoms with Crippen LogP contribution in [-0.4, -0.2) is 35.5 Å². The minimum absolute atomic E-state index is 0.0799. The Balaban J connectivity index is 2.28. The van der Waals surface area contributed by atoms with Crippen LogP contribution in [0.25, 0.3) is 11.0 Å². The third-order valence-electron chi connectivity index (χ3n) is 2.93. The first-order valence-corrected chi connectivity index (χ1v) is 6.70. The van der Waals surface area contributed by atoms with Gasteiger partial charge in [-0.15, -0.1) is 0 Å². The largest absolute Gasteiger partial charge is 0.466 e. The van der Waals surface area contributed by atoms with Gasteiger partial charge < -0.3 is 9.47 Å². The van der Waals surface area contributed by atoms with E-state index in [9.17, 15) is 9.59 Å². The summed E-state index contributed by atoms with van der Waals surface area (Å²) in [4.78, 5) is 23.7. The molecule has 0 radical (unpaired) electrons. The van der Waals surface area contributed by atoms with E-state index in [1.807, 2.05) is 0 Å². The molecule has 1 unspecified atom stereocenters. The molecule has 21 heavy (non-hydrogen) atoms. The zero-order valence-electron chi connectivity index (χ0n) is 11.9. The van der Waals surface area contributed by atoms with E-state index in [1.165, 1.54) is 0 Å². The van der Waals surface area contributed by atoms with Crippen LogP contribution in [0.1, 0.15) is 31.7 Å². The fourth-order valence-electron chi connectivity index (χ4n) is 1.98. The van der Waals surface area contributed by atoms with E-state index in [4.69, 9.17) is 9.47 Å². The van der Waals surface area contributed by atoms with Gasteiger partial charge in [-0.25, -0.2) is 4.63 Å². The van der Waals surface area contributed by atoms with Gasteiger partial charge in [0.1, 0.15) is 11.0 Å². The average Bonchev–Trinajstić information content (AvgIpc) is 2.92. The van der Waals surface area contributed by atoms with Crippen LogP contribution in [0, 0.1) is 0 Å². The van der Waals surface area contributed by atoms with Crippen molar-refractivity contribution in [2.24, 2.45) is 0 Å². The van der Waals surface area contributed by atoms with Gasteiger partial charge in [-0.3, -0.25) is 9.59 Å². The smallest absolute Gasteiger partial charge is 0.313 e. The van der Waals surface area contributed by atoms with Crippen molar-refractivity contribution in [3.8, 4) is 0 Å². The van der Waals surface area contributed by atoms with Crippen molar-refractivity contribution < 1.29 is 23.7 Å². The van der Waals surface area contributed by atoms with E-state index < -0.39 is 17.9 Å². The summed E-state index contributed by atoms with van der Waals surface area (Å²) in [6, 6.07) is 5.04. The molecule has 0 spiro atoms. The Morgan fingerprint density at radius 3 is 2.57 bits per heavy atom. The van der Waals surface area contributed by atoms with Crippen LogP contribution in [0.5, 0.6) is 0 Å². The van der Waals surface area contributed by atoms with Crippen LogP contribution in [0.2, 0.25) is 0 Å². The maximum absolute atomic E-state index is 12.1. The second kappa shape index (κ2) is 6.83. The van der Waals surface area contributed by atoms with Gasteiger partial charge in [-0.05, 0) is 41.9 Å². The first kappa shape index (κ1) is 15.0. The number of hydrogen-bond acceptors (Lipinski definition) is 7. The fourth-order valence-corrected chi connectivity index (χ4v) is 1.98. The second-order valence-corrected chi connectivity index (χ2v) is 4.33. The number of benzene rings is 1. The van der Waals surface area contributed by atoms with Gasteiger partial charge in [0.15, 0.2) is 0 Å². The summed E-state index contributed by atoms with van der Waals surface area (Å²) in [5.74, 6) is -1.65. The second-order valence-electron chi connectivity index (χ2n) is 4.33. The number of ether oxygens (including phenoxy) is 2. The molecule has 1 heterocycles. The lowest BCUT2D eigenvalue weighted by atomic mass is 9.95. The predicted octanol–water partition coefficient (Wildman–Crippen LogP) is 1.82. The topological polar surface area (TPSA) is 91.5 Å². The highest BCUT2D eigenvalue weighted by Gasteiger charge is 2.26. The Bertz CT molecular complexity index is 637. The normalized spacial score (nSPS) is 12.1. The molecule has 1 aromatic carbocycles. The molecule has 1 atom stereocenters. The Morgan fingerprint density at radius 1 is 1.14 bits per heavy atom. The molecule has 0 amide bonds. The van der Waals surface area contributed by atoms with E-state index >= 15 is 0 Å². The molecule has 0 N–H and O–H groups in total. The fraction of sp³-hybridized carbons (Fsp3) is 0.429. The average molecular weight is 292 g/mol. The molecule has 2 rings (SSSR count). The third kappa shape index (κ3) is 3.56. The number of aromatic nitrogens is 2. The molecule has 1 aromatic heterocycles. The number of rotatable bonds is 6. The van der Waals surface area contributed by atoms with Crippen molar-refractivity contribution in [3.63, 3.8) is 0 Å². The first-order chi connectivity index (χ1) is 10.2. The van der Waals surface area contributed by atoms with E-state index in [0.717, 1.165) is 0 Å². The molecule has 0 saturated heterocycles. The van der Waals surface area contributed by atoms with Gasteiger partial charge in [0.2, 0.25) is 0 Å². The molecule has 0 aliphatic heterocycles. The molecule has 0 fully saturated rings. The summed E-state index contributed by atoms with van der Waals surface area (Å²) in [6.45, 7) is 3.93. The minimum Gasteiger partial charge on any atom is -0.466 e. The molecule has 0 aliphatic carbocycles. The Morgan fingerprint density at radius 2 is 1.86 bits per heavy atom. The van der Waals surface area contributed by atoms with Gasteiger partial charge in [0.25, 0.3) is 0 Å². The maximum atomic E-state index is 12.1. The van der Waals surface area contributed by atoms with Gasteiger partial charge >= 0.3 is 11.9 Å². The van der Waals surface area contributed by atoms with Gasteiger partial charge in [0, 0.05) is 0 Å². The maximum Gasteiger partial charge on any atom is 0.313 e. The molecule has 0 saturated carbocycles. The number of hydrogen-bond donors (Lipinski definition) is 0. The summed E-state index contributed by atoms with van der Waals surface area (Å²) in [7, 11) is 0. The van der Waals surface area contributed by atoms with Crippen molar-refractivity contribution >= 4 is 23.0 Å². The molecular formula is C14H16N2O5. The van der Waals surface area contributed by atoms with Gasteiger partial charge in [0.05, 0.1) is 25.6 Å². The van der Waals surface area contributed by atoms with E-state index in [-0.39, 0.29) is 19.6 Å². The highest BCUT2D eigenvalue weighted by molar-refractivity contribution is 5.86. The summed E-state index contributed by atoms with van der Waals surface area (Å²) >= 11 is 0. The zero-order chi connectivity index (χ0) is 15.2. The molecule has 0 aliphatic rings. The van der Waals surface area contributed by atoms with Crippen LogP contribution < -0.4 is 0 Å². The van der Waals surface area contributed by atoms with Gasteiger partial charge in [-0.2, -0.15) is 0 Å². The summed E-state index contributed by atoms with van der Waals surface area (Å²) in [5, 5.41) is 7.42. The summed E-state index contributed by atoms with van der Waals surface area (Å²) in [5.41, 5.74) is 1.72. The van der Waals surface area contributed by atoms with Crippen molar-refractivity contribution in [2.75, 3.05) is 13.2 Å². The number of nitrogens with zero attached hydrogens (tertiary/aromatic N) is 2. The lowest BCUT2D eigenvalue weighted by Crippen LogP contribution is -2.20. The van der Waals surface area contributed by atoms with Crippen molar-refractivity contribution in [2.45, 2.75) is 26.2 Å². The Kier molecular flexibility index (Phi) is 4.86. The Labute approximate surface area is 121 Å². The number of esters is 2. The predicted molar refractivity (Wildman–Crippen MR) is 72.4 cm³/mol. The summed E-state index contributed by atoms with van der Waals surface area (Å²) < 4.78 is 14.5. The van der Waals surface area contributed by atoms with E-state index in [1.54, 1.807) is 32.0 Å². The number of fused-ring (bicyclic) bond motifs is 1. The van der Waals surface area contributed by atoms with Crippen LogP contribution >= 0.6 is 0 Å². The van der Waals surface area contributed by atoms with Gasteiger partial charge in [-0.1, -0.05) is 6.07 Å². The zero-order valence-corrected chi connectivity index (χ0v) is 11.9. The molecule has 2 aromatic rings. The third-order valence-corrected chi connectivity index (χ3v) is 2.93. The molecule has 112 valence electrons. The van der Waals surface area contributed by atoms with E-state index in [2.05, 4.69) is 14.9 Å². The highest BCUT2D eigenvalue weighted by Crippen LogP contribution is 2.25. The molecule has 0 bridgehead atoms. The number of carbonyl (C=O) groups excluding carboxylic acids is 2. The van der Waals surface area contributed by atoms with E-state index in [0.29, 0.717) is 16.6 Å². The molecule has 7 nitrogen and oxygen atoms in total. The van der Waals surface area contributed by atoms with Crippen molar-refractivity contribution in [1.82, 2.24) is 10.3 Å². The molecule has 7 heteroatoms. The lowest BCUT2D eigenvalue weighted by molar-refractivity contribution is -0.151. The van der Waals surface area contributed by atoms with Crippen molar-refractivity contribution in [1.29, 1.82) is 0 Å². The molecular weight excluding hydrogens is 276 g/mol. The SMILES string of the molecule is CCOC(=O)CC(C(=O)OCC)c1ccc2nonc2c1. The number of carbonyl (C=O) groups is 2. The van der Waals surface area contributed by atoms with Crippen LogP contribution in [0.3, 0.4) is 0 Å². The Hall–Kier alpha value is -2.44.